The van der Waals surface area contributed by atoms with Crippen molar-refractivity contribution in [1.29, 1.82) is 0 Å². The first-order valence-corrected chi connectivity index (χ1v) is 6.45. The summed E-state index contributed by atoms with van der Waals surface area (Å²) >= 11 is 3.19. The van der Waals surface area contributed by atoms with E-state index in [1.807, 2.05) is 6.07 Å². The largest absolute Gasteiger partial charge is 0.454 e. The van der Waals surface area contributed by atoms with E-state index in [0.29, 0.717) is 23.6 Å². The topological polar surface area (TPSA) is 49.6 Å². The quantitative estimate of drug-likeness (QED) is 0.639. The van der Waals surface area contributed by atoms with Gasteiger partial charge in [0, 0.05) is 26.6 Å². The van der Waals surface area contributed by atoms with Crippen molar-refractivity contribution in [2.75, 3.05) is 20.1 Å². The van der Waals surface area contributed by atoms with E-state index in [4.69, 9.17) is 4.42 Å². The van der Waals surface area contributed by atoms with Crippen LogP contribution in [-0.2, 0) is 6.42 Å². The lowest BCUT2D eigenvalue weighted by atomic mass is 10.3. The first-order chi connectivity index (χ1) is 8.90. The van der Waals surface area contributed by atoms with Crippen LogP contribution in [0.1, 0.15) is 12.2 Å². The summed E-state index contributed by atoms with van der Waals surface area (Å²) in [7, 11) is 1.51. The van der Waals surface area contributed by atoms with Gasteiger partial charge in [0.2, 0.25) is 0 Å². The van der Waals surface area contributed by atoms with Gasteiger partial charge in [-0.3, -0.25) is 4.99 Å². The normalized spacial score (nSPS) is 12.6. The zero-order valence-corrected chi connectivity index (χ0v) is 11.9. The van der Waals surface area contributed by atoms with Gasteiger partial charge < -0.3 is 15.1 Å². The standard InChI is InChI=1S/C11H15BrF3N3O/c1-16-10(18-7-5-11(13,14)15)17-6-4-8-2-3-9(12)19-8/h2-3H,4-7H2,1H3,(H2,16,17,18). The Morgan fingerprint density at radius 3 is 2.53 bits per heavy atom. The third kappa shape index (κ3) is 7.09. The number of alkyl halides is 3. The Labute approximate surface area is 117 Å². The van der Waals surface area contributed by atoms with Crippen molar-refractivity contribution in [3.63, 3.8) is 0 Å². The highest BCUT2D eigenvalue weighted by molar-refractivity contribution is 9.10. The SMILES string of the molecule is CN=C(NCCc1ccc(Br)o1)NCCC(F)(F)F. The summed E-state index contributed by atoms with van der Waals surface area (Å²) in [6.45, 7) is 0.321. The van der Waals surface area contributed by atoms with E-state index in [1.54, 1.807) is 6.07 Å². The Kier molecular flexibility index (Phi) is 6.20. The lowest BCUT2D eigenvalue weighted by Crippen LogP contribution is -2.39. The average Bonchev–Trinajstić information content (AvgIpc) is 2.71. The first-order valence-electron chi connectivity index (χ1n) is 5.66. The highest BCUT2D eigenvalue weighted by atomic mass is 79.9. The molecule has 8 heteroatoms. The van der Waals surface area contributed by atoms with E-state index in [0.717, 1.165) is 5.76 Å². The van der Waals surface area contributed by atoms with Crippen molar-refractivity contribution in [3.8, 4) is 0 Å². The molecule has 0 bridgehead atoms. The molecular weight excluding hydrogens is 327 g/mol. The summed E-state index contributed by atoms with van der Waals surface area (Å²) < 4.78 is 41.8. The van der Waals surface area contributed by atoms with E-state index in [1.165, 1.54) is 7.05 Å². The number of guanidine groups is 1. The molecule has 0 spiro atoms. The maximum atomic E-state index is 12.0. The van der Waals surface area contributed by atoms with E-state index in [9.17, 15) is 13.2 Å². The zero-order valence-electron chi connectivity index (χ0n) is 10.4. The van der Waals surface area contributed by atoms with Gasteiger partial charge in [0.05, 0.1) is 6.42 Å². The second-order valence-corrected chi connectivity index (χ2v) is 4.53. The lowest BCUT2D eigenvalue weighted by Gasteiger charge is -2.12. The number of halogens is 4. The molecule has 0 radical (unpaired) electrons. The molecule has 0 saturated heterocycles. The fraction of sp³-hybridized carbons (Fsp3) is 0.545. The monoisotopic (exact) mass is 341 g/mol. The van der Waals surface area contributed by atoms with Crippen molar-refractivity contribution < 1.29 is 17.6 Å². The van der Waals surface area contributed by atoms with Crippen LogP contribution >= 0.6 is 15.9 Å². The molecule has 0 amide bonds. The lowest BCUT2D eigenvalue weighted by molar-refractivity contribution is -0.132. The highest BCUT2D eigenvalue weighted by Gasteiger charge is 2.26. The van der Waals surface area contributed by atoms with E-state index < -0.39 is 12.6 Å². The number of nitrogens with one attached hydrogen (secondary N) is 2. The van der Waals surface area contributed by atoms with Crippen LogP contribution in [0, 0.1) is 0 Å². The molecule has 0 aliphatic rings. The number of hydrogen-bond acceptors (Lipinski definition) is 2. The van der Waals surface area contributed by atoms with Crippen molar-refractivity contribution in [1.82, 2.24) is 10.6 Å². The summed E-state index contributed by atoms with van der Waals surface area (Å²) in [5, 5.41) is 5.51. The molecule has 0 aliphatic heterocycles. The van der Waals surface area contributed by atoms with E-state index in [-0.39, 0.29) is 6.54 Å². The zero-order chi connectivity index (χ0) is 14.3. The third-order valence-electron chi connectivity index (χ3n) is 2.22. The summed E-state index contributed by atoms with van der Waals surface area (Å²) in [5.41, 5.74) is 0. The molecule has 0 atom stereocenters. The van der Waals surface area contributed by atoms with Crippen LogP contribution in [0.4, 0.5) is 13.2 Å². The van der Waals surface area contributed by atoms with Crippen LogP contribution in [0.3, 0.4) is 0 Å². The summed E-state index contributed by atoms with van der Waals surface area (Å²) in [6.07, 6.45) is -4.43. The van der Waals surface area contributed by atoms with Gasteiger partial charge in [-0.25, -0.2) is 0 Å². The molecule has 1 aromatic heterocycles. The van der Waals surface area contributed by atoms with Gasteiger partial charge in [-0.1, -0.05) is 0 Å². The molecule has 0 saturated carbocycles. The van der Waals surface area contributed by atoms with Gasteiger partial charge in [0.1, 0.15) is 5.76 Å². The summed E-state index contributed by atoms with van der Waals surface area (Å²) in [5.74, 6) is 1.12. The number of rotatable bonds is 5. The van der Waals surface area contributed by atoms with Crippen LogP contribution in [0.2, 0.25) is 0 Å². The van der Waals surface area contributed by atoms with Gasteiger partial charge in [0.15, 0.2) is 10.6 Å². The van der Waals surface area contributed by atoms with Gasteiger partial charge in [-0.2, -0.15) is 13.2 Å². The van der Waals surface area contributed by atoms with Crippen molar-refractivity contribution in [3.05, 3.63) is 22.6 Å². The van der Waals surface area contributed by atoms with Crippen LogP contribution in [0.5, 0.6) is 0 Å². The molecule has 4 nitrogen and oxygen atoms in total. The van der Waals surface area contributed by atoms with Crippen molar-refractivity contribution >= 4 is 21.9 Å². The van der Waals surface area contributed by atoms with Crippen LogP contribution in [0.15, 0.2) is 26.2 Å². The van der Waals surface area contributed by atoms with Crippen LogP contribution < -0.4 is 10.6 Å². The summed E-state index contributed by atoms with van der Waals surface area (Å²) in [6, 6.07) is 3.61. The fourth-order valence-corrected chi connectivity index (χ4v) is 1.67. The van der Waals surface area contributed by atoms with Crippen LogP contribution in [0.25, 0.3) is 0 Å². The minimum absolute atomic E-state index is 0.199. The maximum absolute atomic E-state index is 12.0. The number of nitrogens with zero attached hydrogens (tertiary/aromatic N) is 1. The highest BCUT2D eigenvalue weighted by Crippen LogP contribution is 2.18. The molecule has 1 heterocycles. The van der Waals surface area contributed by atoms with Crippen molar-refractivity contribution in [2.45, 2.75) is 19.0 Å². The predicted molar refractivity (Wildman–Crippen MR) is 70.1 cm³/mol. The third-order valence-corrected chi connectivity index (χ3v) is 2.64. The maximum Gasteiger partial charge on any atom is 0.390 e. The van der Waals surface area contributed by atoms with Gasteiger partial charge in [-0.15, -0.1) is 0 Å². The average molecular weight is 342 g/mol. The van der Waals surface area contributed by atoms with Gasteiger partial charge in [-0.05, 0) is 28.1 Å². The minimum atomic E-state index is -4.16. The molecule has 2 N–H and O–H groups in total. The fourth-order valence-electron chi connectivity index (χ4n) is 1.33. The molecular formula is C11H15BrF3N3O. The molecule has 1 aromatic rings. The Morgan fingerprint density at radius 1 is 1.32 bits per heavy atom. The molecule has 0 unspecified atom stereocenters. The molecule has 1 rings (SSSR count). The minimum Gasteiger partial charge on any atom is -0.454 e. The second kappa shape index (κ2) is 7.42. The Hall–Kier alpha value is -1.18. The molecule has 108 valence electrons. The van der Waals surface area contributed by atoms with E-state index >= 15 is 0 Å². The Bertz CT molecular complexity index is 418. The number of aliphatic imine (C=N–C) groups is 1. The van der Waals surface area contributed by atoms with Gasteiger partial charge in [0.25, 0.3) is 0 Å². The smallest absolute Gasteiger partial charge is 0.390 e. The molecule has 0 aromatic carbocycles. The Morgan fingerprint density at radius 2 is 2.00 bits per heavy atom. The number of hydrogen-bond donors (Lipinski definition) is 2. The molecule has 0 aliphatic carbocycles. The predicted octanol–water partition coefficient (Wildman–Crippen LogP) is 2.70. The van der Waals surface area contributed by atoms with Gasteiger partial charge >= 0.3 is 6.18 Å². The van der Waals surface area contributed by atoms with Crippen LogP contribution in [-0.4, -0.2) is 32.3 Å². The van der Waals surface area contributed by atoms with E-state index in [2.05, 4.69) is 31.6 Å². The Balaban J connectivity index is 2.22. The summed E-state index contributed by atoms with van der Waals surface area (Å²) in [4.78, 5) is 3.83. The number of furan rings is 1. The first kappa shape index (κ1) is 15.9. The molecule has 0 fully saturated rings. The second-order valence-electron chi connectivity index (χ2n) is 3.75. The molecule has 19 heavy (non-hydrogen) atoms. The van der Waals surface area contributed by atoms with Crippen molar-refractivity contribution in [2.24, 2.45) is 4.99 Å².